The maximum Gasteiger partial charge on any atom is 0.224 e. The summed E-state index contributed by atoms with van der Waals surface area (Å²) >= 11 is 7.82. The molecule has 0 radical (unpaired) electrons. The maximum absolute atomic E-state index is 12.3. The molecule has 0 unspecified atom stereocenters. The molecule has 27 heavy (non-hydrogen) atoms. The first-order valence-corrected chi connectivity index (χ1v) is 10.6. The van der Waals surface area contributed by atoms with Gasteiger partial charge in [0.25, 0.3) is 0 Å². The average molecular weight is 403 g/mol. The number of Topliss-reactive ketones (excluding diaryl/α,β-unsaturated/α-hetero) is 1. The Morgan fingerprint density at radius 1 is 1.00 bits per heavy atom. The molecule has 1 amide bonds. The SMILES string of the molecule is O=C(CCC(=O)c1ccc(Cl)cc1)Nc1ccccc1CN1CCSCC1. The van der Waals surface area contributed by atoms with Crippen LogP contribution in [0.2, 0.25) is 5.02 Å². The van der Waals surface area contributed by atoms with Crippen molar-refractivity contribution in [2.75, 3.05) is 29.9 Å². The highest BCUT2D eigenvalue weighted by atomic mass is 35.5. The van der Waals surface area contributed by atoms with Crippen molar-refractivity contribution in [1.82, 2.24) is 4.90 Å². The fourth-order valence-corrected chi connectivity index (χ4v) is 4.10. The van der Waals surface area contributed by atoms with Gasteiger partial charge in [-0.1, -0.05) is 29.8 Å². The fourth-order valence-electron chi connectivity index (χ4n) is 3.00. The molecule has 1 heterocycles. The van der Waals surface area contributed by atoms with Crippen LogP contribution >= 0.6 is 23.4 Å². The molecule has 0 aliphatic carbocycles. The quantitative estimate of drug-likeness (QED) is 0.693. The summed E-state index contributed by atoms with van der Waals surface area (Å²) in [5.74, 6) is 2.11. The summed E-state index contributed by atoms with van der Waals surface area (Å²) in [7, 11) is 0. The molecule has 1 aliphatic rings. The summed E-state index contributed by atoms with van der Waals surface area (Å²) in [6.45, 7) is 2.98. The summed E-state index contributed by atoms with van der Waals surface area (Å²) in [6.07, 6.45) is 0.342. The Balaban J connectivity index is 1.54. The monoisotopic (exact) mass is 402 g/mol. The third-order valence-corrected chi connectivity index (χ3v) is 5.73. The Morgan fingerprint density at radius 2 is 1.70 bits per heavy atom. The van der Waals surface area contributed by atoms with Crippen LogP contribution in [-0.4, -0.2) is 41.2 Å². The van der Waals surface area contributed by atoms with Crippen molar-refractivity contribution in [3.05, 3.63) is 64.7 Å². The second-order valence-corrected chi connectivity index (χ2v) is 8.19. The van der Waals surface area contributed by atoms with Gasteiger partial charge < -0.3 is 5.32 Å². The van der Waals surface area contributed by atoms with Crippen LogP contribution in [0.5, 0.6) is 0 Å². The lowest BCUT2D eigenvalue weighted by atomic mass is 10.1. The van der Waals surface area contributed by atoms with Gasteiger partial charge in [0.2, 0.25) is 5.91 Å². The smallest absolute Gasteiger partial charge is 0.224 e. The molecule has 142 valence electrons. The molecule has 0 bridgehead atoms. The molecule has 0 saturated carbocycles. The Bertz CT molecular complexity index is 789. The highest BCUT2D eigenvalue weighted by Gasteiger charge is 2.14. The number of halogens is 1. The van der Waals surface area contributed by atoms with Crippen molar-refractivity contribution in [1.29, 1.82) is 0 Å². The lowest BCUT2D eigenvalue weighted by molar-refractivity contribution is -0.116. The molecule has 4 nitrogen and oxygen atoms in total. The largest absolute Gasteiger partial charge is 0.326 e. The van der Waals surface area contributed by atoms with Crippen molar-refractivity contribution < 1.29 is 9.59 Å². The fraction of sp³-hybridized carbons (Fsp3) is 0.333. The first-order valence-electron chi connectivity index (χ1n) is 9.08. The van der Waals surface area contributed by atoms with Crippen LogP contribution in [0.25, 0.3) is 0 Å². The molecular formula is C21H23ClN2O2S. The molecule has 1 fully saturated rings. The van der Waals surface area contributed by atoms with Crippen molar-refractivity contribution in [2.45, 2.75) is 19.4 Å². The Morgan fingerprint density at radius 3 is 2.44 bits per heavy atom. The zero-order valence-electron chi connectivity index (χ0n) is 15.1. The van der Waals surface area contributed by atoms with Crippen molar-refractivity contribution in [3.63, 3.8) is 0 Å². The second kappa shape index (κ2) is 9.93. The molecule has 1 N–H and O–H groups in total. The maximum atomic E-state index is 12.3. The zero-order valence-corrected chi connectivity index (χ0v) is 16.7. The van der Waals surface area contributed by atoms with E-state index in [2.05, 4.69) is 16.3 Å². The molecule has 2 aromatic rings. The lowest BCUT2D eigenvalue weighted by Gasteiger charge is -2.27. The third-order valence-electron chi connectivity index (χ3n) is 4.53. The van der Waals surface area contributed by atoms with E-state index in [4.69, 9.17) is 11.6 Å². The van der Waals surface area contributed by atoms with Gasteiger partial charge in [-0.05, 0) is 35.9 Å². The number of carbonyl (C=O) groups excluding carboxylic acids is 2. The van der Waals surface area contributed by atoms with Crippen LogP contribution in [0.3, 0.4) is 0 Å². The van der Waals surface area contributed by atoms with Gasteiger partial charge in [-0.2, -0.15) is 11.8 Å². The van der Waals surface area contributed by atoms with Crippen LogP contribution in [0.4, 0.5) is 5.69 Å². The Labute approximate surface area is 169 Å². The highest BCUT2D eigenvalue weighted by Crippen LogP contribution is 2.20. The van der Waals surface area contributed by atoms with Crippen molar-refractivity contribution >= 4 is 40.7 Å². The van der Waals surface area contributed by atoms with Gasteiger partial charge in [-0.3, -0.25) is 14.5 Å². The molecule has 1 saturated heterocycles. The van der Waals surface area contributed by atoms with E-state index >= 15 is 0 Å². The summed E-state index contributed by atoms with van der Waals surface area (Å²) < 4.78 is 0. The normalized spacial score (nSPS) is 14.7. The summed E-state index contributed by atoms with van der Waals surface area (Å²) in [5.41, 5.74) is 2.53. The summed E-state index contributed by atoms with van der Waals surface area (Å²) in [4.78, 5) is 27.0. The number of anilines is 1. The molecule has 0 spiro atoms. The van der Waals surface area contributed by atoms with Gasteiger partial charge in [0.05, 0.1) is 0 Å². The summed E-state index contributed by atoms with van der Waals surface area (Å²) in [5, 5.41) is 3.56. The predicted octanol–water partition coefficient (Wildman–Crippen LogP) is 4.49. The van der Waals surface area contributed by atoms with Crippen molar-refractivity contribution in [2.24, 2.45) is 0 Å². The number of rotatable bonds is 7. The Hall–Kier alpha value is -1.82. The van der Waals surface area contributed by atoms with E-state index in [0.717, 1.165) is 42.4 Å². The van der Waals surface area contributed by atoms with Crippen molar-refractivity contribution in [3.8, 4) is 0 Å². The number of benzene rings is 2. The molecule has 6 heteroatoms. The molecule has 0 atom stereocenters. The zero-order chi connectivity index (χ0) is 19.1. The van der Waals surface area contributed by atoms with Gasteiger partial charge >= 0.3 is 0 Å². The number of hydrogen-bond acceptors (Lipinski definition) is 4. The molecule has 0 aromatic heterocycles. The third kappa shape index (κ3) is 6.09. The number of carbonyl (C=O) groups is 2. The van der Waals surface area contributed by atoms with Crippen LogP contribution in [0.15, 0.2) is 48.5 Å². The lowest BCUT2D eigenvalue weighted by Crippen LogP contribution is -2.32. The standard InChI is InChI=1S/C21H23ClN2O2S/c22-18-7-5-16(6-8-18)20(25)9-10-21(26)23-19-4-2-1-3-17(19)15-24-11-13-27-14-12-24/h1-8H,9-15H2,(H,23,26). The first-order chi connectivity index (χ1) is 13.1. The molecular weight excluding hydrogens is 380 g/mol. The van der Waals surface area contributed by atoms with E-state index in [1.807, 2.05) is 30.0 Å². The van der Waals surface area contributed by atoms with Crippen LogP contribution < -0.4 is 5.32 Å². The van der Waals surface area contributed by atoms with Gasteiger partial charge in [0.15, 0.2) is 5.78 Å². The van der Waals surface area contributed by atoms with E-state index in [-0.39, 0.29) is 24.5 Å². The van der Waals surface area contributed by atoms with E-state index in [9.17, 15) is 9.59 Å². The topological polar surface area (TPSA) is 49.4 Å². The minimum Gasteiger partial charge on any atom is -0.326 e. The Kier molecular flexibility index (Phi) is 7.33. The number of para-hydroxylation sites is 1. The van der Waals surface area contributed by atoms with E-state index in [1.165, 1.54) is 0 Å². The molecule has 1 aliphatic heterocycles. The first kappa shape index (κ1) is 19.9. The number of amides is 1. The number of thioether (sulfide) groups is 1. The minimum atomic E-state index is -0.140. The number of ketones is 1. The van der Waals surface area contributed by atoms with E-state index in [0.29, 0.717) is 10.6 Å². The number of hydrogen-bond donors (Lipinski definition) is 1. The van der Waals surface area contributed by atoms with Gasteiger partial charge in [-0.15, -0.1) is 0 Å². The predicted molar refractivity (Wildman–Crippen MR) is 113 cm³/mol. The van der Waals surface area contributed by atoms with E-state index < -0.39 is 0 Å². The minimum absolute atomic E-state index is 0.0547. The molecule has 3 rings (SSSR count). The molecule has 2 aromatic carbocycles. The van der Waals surface area contributed by atoms with E-state index in [1.54, 1.807) is 24.3 Å². The van der Waals surface area contributed by atoms with Crippen LogP contribution in [-0.2, 0) is 11.3 Å². The van der Waals surface area contributed by atoms with Crippen LogP contribution in [0.1, 0.15) is 28.8 Å². The van der Waals surface area contributed by atoms with Crippen LogP contribution in [0, 0.1) is 0 Å². The van der Waals surface area contributed by atoms with Gasteiger partial charge in [0, 0.05) is 60.3 Å². The van der Waals surface area contributed by atoms with Gasteiger partial charge in [0.1, 0.15) is 0 Å². The average Bonchev–Trinajstić information content (AvgIpc) is 2.69. The second-order valence-electron chi connectivity index (χ2n) is 6.52. The number of nitrogens with zero attached hydrogens (tertiary/aromatic N) is 1. The van der Waals surface area contributed by atoms with Gasteiger partial charge in [-0.25, -0.2) is 0 Å². The number of nitrogens with one attached hydrogen (secondary N) is 1. The highest BCUT2D eigenvalue weighted by molar-refractivity contribution is 7.99. The summed E-state index contributed by atoms with van der Waals surface area (Å²) in [6, 6.07) is 14.6.